The van der Waals surface area contributed by atoms with Crippen LogP contribution in [0.4, 0.5) is 5.69 Å². The molecule has 1 heterocycles. The van der Waals surface area contributed by atoms with Gasteiger partial charge in [-0.05, 0) is 41.5 Å². The number of hydrogen-bond acceptors (Lipinski definition) is 3. The molecule has 0 radical (unpaired) electrons. The second-order valence-electron chi connectivity index (χ2n) is 5.24. The van der Waals surface area contributed by atoms with Crippen molar-refractivity contribution in [1.29, 1.82) is 0 Å². The molecule has 2 aromatic carbocycles. The molecule has 3 rings (SSSR count). The maximum Gasteiger partial charge on any atom is 0.258 e. The average Bonchev–Trinajstić information content (AvgIpc) is 2.91. The number of rotatable bonds is 5. The van der Waals surface area contributed by atoms with Gasteiger partial charge in [-0.2, -0.15) is 0 Å². The van der Waals surface area contributed by atoms with Crippen LogP contribution >= 0.6 is 11.6 Å². The van der Waals surface area contributed by atoms with E-state index in [2.05, 4.69) is 10.6 Å². The molecule has 1 aliphatic heterocycles. The Hall–Kier alpha value is -2.53. The van der Waals surface area contributed by atoms with Crippen molar-refractivity contribution in [2.24, 2.45) is 0 Å². The number of halogens is 1. The summed E-state index contributed by atoms with van der Waals surface area (Å²) in [6, 6.07) is 12.5. The van der Waals surface area contributed by atoms with Crippen molar-refractivity contribution >= 4 is 29.1 Å². The van der Waals surface area contributed by atoms with Gasteiger partial charge in [0, 0.05) is 17.3 Å². The van der Waals surface area contributed by atoms with E-state index >= 15 is 0 Å². The van der Waals surface area contributed by atoms with E-state index in [-0.39, 0.29) is 18.4 Å². The fraction of sp³-hybridized carbons (Fsp3) is 0.176. The van der Waals surface area contributed by atoms with Gasteiger partial charge in [0.15, 0.2) is 6.61 Å². The van der Waals surface area contributed by atoms with Crippen LogP contribution in [0.15, 0.2) is 42.5 Å². The zero-order valence-electron chi connectivity index (χ0n) is 12.3. The molecule has 6 heteroatoms. The maximum atomic E-state index is 11.8. The Balaban J connectivity index is 1.48. The van der Waals surface area contributed by atoms with E-state index < -0.39 is 0 Å². The van der Waals surface area contributed by atoms with Crippen LogP contribution in [-0.2, 0) is 22.6 Å². The summed E-state index contributed by atoms with van der Waals surface area (Å²) in [6.07, 6.45) is 0.386. The Kier molecular flexibility index (Phi) is 4.48. The molecular weight excluding hydrogens is 316 g/mol. The molecule has 0 saturated heterocycles. The number of fused-ring (bicyclic) bond motifs is 1. The van der Waals surface area contributed by atoms with Crippen LogP contribution in [0.25, 0.3) is 0 Å². The van der Waals surface area contributed by atoms with Crippen LogP contribution in [0, 0.1) is 0 Å². The quantitative estimate of drug-likeness (QED) is 0.885. The van der Waals surface area contributed by atoms with Gasteiger partial charge in [-0.15, -0.1) is 0 Å². The molecule has 5 nitrogen and oxygen atoms in total. The first kappa shape index (κ1) is 15.4. The molecule has 2 aromatic rings. The zero-order chi connectivity index (χ0) is 16.2. The Bertz CT molecular complexity index is 744. The zero-order valence-corrected chi connectivity index (χ0v) is 13.0. The van der Waals surface area contributed by atoms with E-state index in [0.717, 1.165) is 16.8 Å². The normalized spacial score (nSPS) is 12.5. The summed E-state index contributed by atoms with van der Waals surface area (Å²) in [4.78, 5) is 23.1. The third-order valence-corrected chi connectivity index (χ3v) is 3.72. The van der Waals surface area contributed by atoms with Crippen molar-refractivity contribution in [3.05, 3.63) is 58.6 Å². The van der Waals surface area contributed by atoms with Gasteiger partial charge in [0.05, 0.1) is 6.42 Å². The molecule has 118 valence electrons. The molecule has 1 aliphatic rings. The van der Waals surface area contributed by atoms with Gasteiger partial charge >= 0.3 is 0 Å². The van der Waals surface area contributed by atoms with Crippen molar-refractivity contribution in [2.75, 3.05) is 11.9 Å². The summed E-state index contributed by atoms with van der Waals surface area (Å²) in [5, 5.41) is 6.18. The van der Waals surface area contributed by atoms with E-state index in [9.17, 15) is 9.59 Å². The monoisotopic (exact) mass is 330 g/mol. The molecule has 23 heavy (non-hydrogen) atoms. The molecule has 0 unspecified atom stereocenters. The molecule has 0 aliphatic carbocycles. The molecule has 0 bridgehead atoms. The summed E-state index contributed by atoms with van der Waals surface area (Å²) < 4.78 is 5.37. The highest BCUT2D eigenvalue weighted by Gasteiger charge is 2.17. The fourth-order valence-electron chi connectivity index (χ4n) is 2.32. The number of carbonyl (C=O) groups excluding carboxylic acids is 2. The minimum absolute atomic E-state index is 0.00227. The van der Waals surface area contributed by atoms with Crippen LogP contribution < -0.4 is 15.4 Å². The highest BCUT2D eigenvalue weighted by atomic mass is 35.5. The third-order valence-electron chi connectivity index (χ3n) is 3.47. The van der Waals surface area contributed by atoms with Gasteiger partial charge in [0.25, 0.3) is 5.91 Å². The van der Waals surface area contributed by atoms with Crippen molar-refractivity contribution in [3.8, 4) is 5.75 Å². The average molecular weight is 331 g/mol. The van der Waals surface area contributed by atoms with Gasteiger partial charge in [-0.25, -0.2) is 0 Å². The second-order valence-corrected chi connectivity index (χ2v) is 5.67. The largest absolute Gasteiger partial charge is 0.484 e. The molecular formula is C17H15ClN2O3. The number of carbonyl (C=O) groups is 2. The number of benzene rings is 2. The molecule has 0 atom stereocenters. The number of nitrogens with one attached hydrogen (secondary N) is 2. The summed E-state index contributed by atoms with van der Waals surface area (Å²) >= 11 is 5.78. The lowest BCUT2D eigenvalue weighted by Crippen LogP contribution is -2.28. The van der Waals surface area contributed by atoms with Crippen molar-refractivity contribution in [2.45, 2.75) is 13.0 Å². The number of hydrogen-bond donors (Lipinski definition) is 2. The van der Waals surface area contributed by atoms with Crippen LogP contribution in [0.1, 0.15) is 11.1 Å². The molecule has 2 amide bonds. The number of anilines is 1. The molecule has 0 saturated carbocycles. The number of ether oxygens (including phenoxy) is 1. The first-order valence-corrected chi connectivity index (χ1v) is 7.55. The topological polar surface area (TPSA) is 67.4 Å². The van der Waals surface area contributed by atoms with Crippen LogP contribution in [0.2, 0.25) is 5.02 Å². The lowest BCUT2D eigenvalue weighted by Gasteiger charge is -2.08. The highest BCUT2D eigenvalue weighted by molar-refractivity contribution is 6.30. The molecule has 0 aromatic heterocycles. The van der Waals surface area contributed by atoms with Gasteiger partial charge in [-0.3, -0.25) is 9.59 Å². The predicted octanol–water partition coefficient (Wildman–Crippen LogP) is 2.53. The summed E-state index contributed by atoms with van der Waals surface area (Å²) in [5.74, 6) is 0.374. The van der Waals surface area contributed by atoms with E-state index in [1.165, 1.54) is 0 Å². The van der Waals surface area contributed by atoms with E-state index in [4.69, 9.17) is 16.3 Å². The van der Waals surface area contributed by atoms with E-state index in [0.29, 0.717) is 23.7 Å². The smallest absolute Gasteiger partial charge is 0.258 e. The van der Waals surface area contributed by atoms with E-state index in [1.54, 1.807) is 24.3 Å². The predicted molar refractivity (Wildman–Crippen MR) is 87.6 cm³/mol. The van der Waals surface area contributed by atoms with Crippen LogP contribution in [-0.4, -0.2) is 18.4 Å². The standard InChI is InChI=1S/C17H15ClN2O3/c18-13-2-4-14(5-3-13)23-10-17(22)19-9-11-1-6-15-12(7-11)8-16(21)20-15/h1-7H,8-10H2,(H,19,22)(H,20,21). The lowest BCUT2D eigenvalue weighted by molar-refractivity contribution is -0.123. The van der Waals surface area contributed by atoms with Gasteiger partial charge < -0.3 is 15.4 Å². The third kappa shape index (κ3) is 4.02. The van der Waals surface area contributed by atoms with Crippen molar-refractivity contribution < 1.29 is 14.3 Å². The fourth-order valence-corrected chi connectivity index (χ4v) is 2.45. The summed E-state index contributed by atoms with van der Waals surface area (Å²) in [6.45, 7) is 0.330. The van der Waals surface area contributed by atoms with Crippen molar-refractivity contribution in [1.82, 2.24) is 5.32 Å². The van der Waals surface area contributed by atoms with Gasteiger partial charge in [-0.1, -0.05) is 23.7 Å². The lowest BCUT2D eigenvalue weighted by atomic mass is 10.1. The Morgan fingerprint density at radius 2 is 2.00 bits per heavy atom. The first-order chi connectivity index (χ1) is 11.1. The van der Waals surface area contributed by atoms with E-state index in [1.807, 2.05) is 18.2 Å². The second kappa shape index (κ2) is 6.71. The SMILES string of the molecule is O=C(COc1ccc(Cl)cc1)NCc1ccc2c(c1)CC(=O)N2. The highest BCUT2D eigenvalue weighted by Crippen LogP contribution is 2.23. The Morgan fingerprint density at radius 1 is 1.22 bits per heavy atom. The molecule has 0 fully saturated rings. The van der Waals surface area contributed by atoms with Gasteiger partial charge in [0.2, 0.25) is 5.91 Å². The summed E-state index contributed by atoms with van der Waals surface area (Å²) in [7, 11) is 0. The number of amides is 2. The van der Waals surface area contributed by atoms with Crippen LogP contribution in [0.3, 0.4) is 0 Å². The Morgan fingerprint density at radius 3 is 2.78 bits per heavy atom. The van der Waals surface area contributed by atoms with Crippen LogP contribution in [0.5, 0.6) is 5.75 Å². The maximum absolute atomic E-state index is 11.8. The minimum Gasteiger partial charge on any atom is -0.484 e. The molecule has 2 N–H and O–H groups in total. The summed E-state index contributed by atoms with van der Waals surface area (Å²) in [5.41, 5.74) is 2.75. The minimum atomic E-state index is -0.213. The Labute approximate surface area is 138 Å². The first-order valence-electron chi connectivity index (χ1n) is 7.17. The van der Waals surface area contributed by atoms with Crippen molar-refractivity contribution in [3.63, 3.8) is 0 Å². The van der Waals surface area contributed by atoms with Gasteiger partial charge in [0.1, 0.15) is 5.75 Å². The molecule has 0 spiro atoms.